The van der Waals surface area contributed by atoms with Gasteiger partial charge in [0, 0.05) is 16.8 Å². The number of nitrogens with two attached hydrogens (primary N) is 1. The molecule has 0 spiro atoms. The lowest BCUT2D eigenvalue weighted by atomic mass is 10.1. The van der Waals surface area contributed by atoms with Crippen molar-refractivity contribution in [2.45, 2.75) is 13.0 Å². The number of halogens is 1. The van der Waals surface area contributed by atoms with Crippen LogP contribution in [0.4, 0.5) is 0 Å². The van der Waals surface area contributed by atoms with Gasteiger partial charge in [-0.2, -0.15) is 0 Å². The SMILES string of the molecule is CCS(=O)(=O)CC(N)c1cccc(Cl)c1. The fourth-order valence-corrected chi connectivity index (χ4v) is 2.40. The van der Waals surface area contributed by atoms with Gasteiger partial charge in [0.1, 0.15) is 0 Å². The van der Waals surface area contributed by atoms with Crippen LogP contribution in [0.5, 0.6) is 0 Å². The highest BCUT2D eigenvalue weighted by molar-refractivity contribution is 7.91. The fraction of sp³-hybridized carbons (Fsp3) is 0.400. The minimum absolute atomic E-state index is 0.0379. The maximum Gasteiger partial charge on any atom is 0.151 e. The number of hydrogen-bond donors (Lipinski definition) is 1. The van der Waals surface area contributed by atoms with Crippen molar-refractivity contribution in [3.63, 3.8) is 0 Å². The lowest BCUT2D eigenvalue weighted by Gasteiger charge is -2.11. The lowest BCUT2D eigenvalue weighted by Crippen LogP contribution is -2.22. The van der Waals surface area contributed by atoms with Gasteiger partial charge in [0.15, 0.2) is 9.84 Å². The first-order chi connectivity index (χ1) is 6.94. The third-order valence-corrected chi connectivity index (χ3v) is 4.13. The standard InChI is InChI=1S/C10H14ClNO2S/c1-2-15(13,14)7-10(12)8-4-3-5-9(11)6-8/h3-6,10H,2,7,12H2,1H3. The Balaban J connectivity index is 2.82. The molecule has 0 saturated carbocycles. The van der Waals surface area contributed by atoms with Gasteiger partial charge in [-0.1, -0.05) is 30.7 Å². The molecule has 0 aliphatic rings. The first-order valence-electron chi connectivity index (χ1n) is 4.66. The Morgan fingerprint density at radius 2 is 2.13 bits per heavy atom. The van der Waals surface area contributed by atoms with Gasteiger partial charge in [-0.15, -0.1) is 0 Å². The minimum atomic E-state index is -3.05. The van der Waals surface area contributed by atoms with Gasteiger partial charge in [-0.25, -0.2) is 8.42 Å². The maximum absolute atomic E-state index is 11.4. The van der Waals surface area contributed by atoms with Crippen LogP contribution in [-0.2, 0) is 9.84 Å². The molecule has 3 nitrogen and oxygen atoms in total. The normalized spacial score (nSPS) is 13.8. The summed E-state index contributed by atoms with van der Waals surface area (Å²) in [4.78, 5) is 0. The molecule has 84 valence electrons. The first kappa shape index (κ1) is 12.5. The van der Waals surface area contributed by atoms with Crippen molar-refractivity contribution in [3.8, 4) is 0 Å². The zero-order chi connectivity index (χ0) is 11.5. The number of benzene rings is 1. The molecule has 1 aromatic carbocycles. The third-order valence-electron chi connectivity index (χ3n) is 2.15. The van der Waals surface area contributed by atoms with E-state index in [1.165, 1.54) is 0 Å². The Hall–Kier alpha value is -0.580. The van der Waals surface area contributed by atoms with E-state index in [4.69, 9.17) is 17.3 Å². The number of rotatable bonds is 4. The van der Waals surface area contributed by atoms with Gasteiger partial charge in [0.25, 0.3) is 0 Å². The molecule has 0 amide bonds. The summed E-state index contributed by atoms with van der Waals surface area (Å²) in [5.74, 6) is 0.0745. The van der Waals surface area contributed by atoms with E-state index >= 15 is 0 Å². The third kappa shape index (κ3) is 3.81. The van der Waals surface area contributed by atoms with Gasteiger partial charge < -0.3 is 5.73 Å². The van der Waals surface area contributed by atoms with E-state index in [1.54, 1.807) is 31.2 Å². The molecule has 0 aliphatic carbocycles. The van der Waals surface area contributed by atoms with E-state index in [1.807, 2.05) is 0 Å². The topological polar surface area (TPSA) is 60.2 Å². The quantitative estimate of drug-likeness (QED) is 0.882. The Bertz CT molecular complexity index is 431. The predicted octanol–water partition coefficient (Wildman–Crippen LogP) is 1.77. The summed E-state index contributed by atoms with van der Waals surface area (Å²) in [6.45, 7) is 1.61. The van der Waals surface area contributed by atoms with Crippen LogP contribution in [0.1, 0.15) is 18.5 Å². The molecule has 1 atom stereocenters. The highest BCUT2D eigenvalue weighted by Crippen LogP contribution is 2.17. The predicted molar refractivity (Wildman–Crippen MR) is 62.7 cm³/mol. The van der Waals surface area contributed by atoms with Crippen molar-refractivity contribution in [3.05, 3.63) is 34.9 Å². The van der Waals surface area contributed by atoms with Crippen molar-refractivity contribution in [2.75, 3.05) is 11.5 Å². The zero-order valence-corrected chi connectivity index (χ0v) is 10.1. The molecule has 1 aromatic rings. The van der Waals surface area contributed by atoms with Crippen molar-refractivity contribution in [1.29, 1.82) is 0 Å². The summed E-state index contributed by atoms with van der Waals surface area (Å²) in [7, 11) is -3.05. The Morgan fingerprint density at radius 3 is 2.67 bits per heavy atom. The maximum atomic E-state index is 11.4. The Kier molecular flexibility index (Phi) is 4.13. The largest absolute Gasteiger partial charge is 0.323 e. The van der Waals surface area contributed by atoms with Crippen LogP contribution < -0.4 is 5.73 Å². The zero-order valence-electron chi connectivity index (χ0n) is 8.48. The molecule has 1 rings (SSSR count). The van der Waals surface area contributed by atoms with E-state index < -0.39 is 15.9 Å². The summed E-state index contributed by atoms with van der Waals surface area (Å²) in [6, 6.07) is 6.45. The van der Waals surface area contributed by atoms with Crippen molar-refractivity contribution >= 4 is 21.4 Å². The molecule has 0 radical (unpaired) electrons. The second-order valence-electron chi connectivity index (χ2n) is 3.36. The number of hydrogen-bond acceptors (Lipinski definition) is 3. The lowest BCUT2D eigenvalue weighted by molar-refractivity contribution is 0.590. The van der Waals surface area contributed by atoms with E-state index in [-0.39, 0.29) is 11.5 Å². The molecule has 0 bridgehead atoms. The van der Waals surface area contributed by atoms with Crippen LogP contribution in [0.2, 0.25) is 5.02 Å². The second kappa shape index (κ2) is 4.96. The molecule has 5 heteroatoms. The van der Waals surface area contributed by atoms with Crippen LogP contribution in [0.3, 0.4) is 0 Å². The van der Waals surface area contributed by atoms with Crippen LogP contribution in [0.15, 0.2) is 24.3 Å². The molecule has 0 heterocycles. The molecule has 0 fully saturated rings. The molecule has 1 unspecified atom stereocenters. The second-order valence-corrected chi connectivity index (χ2v) is 6.19. The minimum Gasteiger partial charge on any atom is -0.323 e. The molecule has 0 aromatic heterocycles. The average Bonchev–Trinajstić information content (AvgIpc) is 2.17. The van der Waals surface area contributed by atoms with E-state index in [2.05, 4.69) is 0 Å². The van der Waals surface area contributed by atoms with Crippen molar-refractivity contribution in [1.82, 2.24) is 0 Å². The summed E-state index contributed by atoms with van der Waals surface area (Å²) >= 11 is 5.79. The summed E-state index contributed by atoms with van der Waals surface area (Å²) in [5, 5.41) is 0.567. The summed E-state index contributed by atoms with van der Waals surface area (Å²) < 4.78 is 22.7. The van der Waals surface area contributed by atoms with Crippen LogP contribution in [-0.4, -0.2) is 19.9 Å². The van der Waals surface area contributed by atoms with Crippen molar-refractivity contribution in [2.24, 2.45) is 5.73 Å². The molecule has 15 heavy (non-hydrogen) atoms. The van der Waals surface area contributed by atoms with E-state index in [9.17, 15) is 8.42 Å². The number of sulfone groups is 1. The highest BCUT2D eigenvalue weighted by atomic mass is 35.5. The van der Waals surface area contributed by atoms with Crippen molar-refractivity contribution < 1.29 is 8.42 Å². The van der Waals surface area contributed by atoms with E-state index in [0.717, 1.165) is 5.56 Å². The molecule has 0 aliphatic heterocycles. The van der Waals surface area contributed by atoms with E-state index in [0.29, 0.717) is 5.02 Å². The van der Waals surface area contributed by atoms with Gasteiger partial charge in [0.05, 0.1) is 5.75 Å². The molecular weight excluding hydrogens is 234 g/mol. The average molecular weight is 248 g/mol. The van der Waals surface area contributed by atoms with Gasteiger partial charge >= 0.3 is 0 Å². The molecule has 0 saturated heterocycles. The van der Waals surface area contributed by atoms with Crippen LogP contribution >= 0.6 is 11.6 Å². The summed E-state index contributed by atoms with van der Waals surface area (Å²) in [6.07, 6.45) is 0. The molecular formula is C10H14ClNO2S. The van der Waals surface area contributed by atoms with Gasteiger partial charge in [0.2, 0.25) is 0 Å². The highest BCUT2D eigenvalue weighted by Gasteiger charge is 2.15. The van der Waals surface area contributed by atoms with Gasteiger partial charge in [-0.05, 0) is 17.7 Å². The molecule has 2 N–H and O–H groups in total. The first-order valence-corrected chi connectivity index (χ1v) is 6.86. The van der Waals surface area contributed by atoms with Gasteiger partial charge in [-0.3, -0.25) is 0 Å². The Labute approximate surface area is 95.2 Å². The fourth-order valence-electron chi connectivity index (χ4n) is 1.22. The van der Waals surface area contributed by atoms with Crippen LogP contribution in [0, 0.1) is 0 Å². The monoisotopic (exact) mass is 247 g/mol. The smallest absolute Gasteiger partial charge is 0.151 e. The Morgan fingerprint density at radius 1 is 1.47 bits per heavy atom. The summed E-state index contributed by atoms with van der Waals surface area (Å²) in [5.41, 5.74) is 6.54. The van der Waals surface area contributed by atoms with Crippen LogP contribution in [0.25, 0.3) is 0 Å².